The molecule has 0 unspecified atom stereocenters. The van der Waals surface area contributed by atoms with Gasteiger partial charge in [0.25, 0.3) is 0 Å². The molecule has 3 aromatic rings. The van der Waals surface area contributed by atoms with E-state index in [4.69, 9.17) is 4.74 Å². The summed E-state index contributed by atoms with van der Waals surface area (Å²) in [4.78, 5) is 36.3. The molecular weight excluding hydrogens is 448 g/mol. The third-order valence-electron chi connectivity index (χ3n) is 6.19. The largest absolute Gasteiger partial charge is 0.477 e. The molecule has 0 aliphatic heterocycles. The lowest BCUT2D eigenvalue weighted by molar-refractivity contribution is -0.116. The minimum Gasteiger partial charge on any atom is -0.477 e. The number of nitrogens with zero attached hydrogens (tertiary/aromatic N) is 2. The van der Waals surface area contributed by atoms with E-state index in [-0.39, 0.29) is 36.2 Å². The third-order valence-corrected chi connectivity index (χ3v) is 6.19. The van der Waals surface area contributed by atoms with Crippen molar-refractivity contribution in [2.24, 2.45) is 7.05 Å². The molecule has 2 amide bonds. The summed E-state index contributed by atoms with van der Waals surface area (Å²) in [6.07, 6.45) is 1.02. The highest BCUT2D eigenvalue weighted by atomic mass is 16.5. The molecule has 1 heterocycles. The van der Waals surface area contributed by atoms with Crippen molar-refractivity contribution in [3.05, 3.63) is 71.4 Å². The first-order chi connectivity index (χ1) is 16.7. The number of benzene rings is 2. The van der Waals surface area contributed by atoms with E-state index in [0.717, 1.165) is 22.3 Å². The molecule has 0 radical (unpaired) electrons. The number of hydrogen-bond donors (Lipinski definition) is 3. The minimum atomic E-state index is -1.18. The monoisotopic (exact) mass is 476 g/mol. The van der Waals surface area contributed by atoms with Gasteiger partial charge in [-0.2, -0.15) is 5.10 Å². The van der Waals surface area contributed by atoms with E-state index < -0.39 is 17.6 Å². The predicted octanol–water partition coefficient (Wildman–Crippen LogP) is 4.15. The summed E-state index contributed by atoms with van der Waals surface area (Å²) in [5, 5.41) is 18.5. The quantitative estimate of drug-likeness (QED) is 0.449. The maximum absolute atomic E-state index is 12.6. The number of carboxylic acids is 1. The van der Waals surface area contributed by atoms with Gasteiger partial charge >= 0.3 is 12.1 Å². The van der Waals surface area contributed by atoms with Crippen LogP contribution in [0.3, 0.4) is 0 Å². The lowest BCUT2D eigenvalue weighted by atomic mass is 9.98. The van der Waals surface area contributed by atoms with Gasteiger partial charge in [-0.15, -0.1) is 0 Å². The molecule has 1 aromatic heterocycles. The van der Waals surface area contributed by atoms with E-state index in [2.05, 4.69) is 40.0 Å². The first-order valence-corrected chi connectivity index (χ1v) is 11.3. The van der Waals surface area contributed by atoms with Crippen molar-refractivity contribution in [3.8, 4) is 11.1 Å². The number of carbonyl (C=O) groups excluding carboxylic acids is 2. The molecule has 9 nitrogen and oxygen atoms in total. The van der Waals surface area contributed by atoms with Crippen LogP contribution < -0.4 is 10.6 Å². The number of alkyl carbamates (subject to hydrolysis) is 1. The zero-order valence-corrected chi connectivity index (χ0v) is 19.9. The van der Waals surface area contributed by atoms with E-state index in [1.807, 2.05) is 24.3 Å². The second-order valence-electron chi connectivity index (χ2n) is 9.22. The van der Waals surface area contributed by atoms with Crippen LogP contribution in [0.1, 0.15) is 54.1 Å². The van der Waals surface area contributed by atoms with Gasteiger partial charge in [0.15, 0.2) is 0 Å². The fourth-order valence-corrected chi connectivity index (χ4v) is 4.34. The molecule has 0 saturated heterocycles. The van der Waals surface area contributed by atoms with Gasteiger partial charge in [-0.25, -0.2) is 9.59 Å². The number of carbonyl (C=O) groups is 3. The molecule has 0 bridgehead atoms. The molecule has 1 aliphatic rings. The number of carboxylic acid groups (broad SMARTS) is 1. The van der Waals surface area contributed by atoms with Crippen LogP contribution in [-0.4, -0.2) is 45.0 Å². The van der Waals surface area contributed by atoms with Crippen LogP contribution in [0.5, 0.6) is 0 Å². The van der Waals surface area contributed by atoms with Crippen molar-refractivity contribution in [2.45, 2.75) is 38.1 Å². The molecular formula is C26H28N4O5. The molecule has 0 atom stereocenters. The average molecular weight is 477 g/mol. The lowest BCUT2D eigenvalue weighted by Crippen LogP contribution is -2.44. The van der Waals surface area contributed by atoms with Crippen molar-refractivity contribution in [2.75, 3.05) is 11.9 Å². The predicted molar refractivity (Wildman–Crippen MR) is 130 cm³/mol. The molecule has 182 valence electrons. The van der Waals surface area contributed by atoms with Crippen LogP contribution in [0.15, 0.2) is 54.7 Å². The van der Waals surface area contributed by atoms with Crippen molar-refractivity contribution >= 4 is 23.8 Å². The molecule has 0 fully saturated rings. The summed E-state index contributed by atoms with van der Waals surface area (Å²) in [6, 6.07) is 16.2. The number of aromatic nitrogens is 2. The smallest absolute Gasteiger partial charge is 0.407 e. The van der Waals surface area contributed by atoms with E-state index in [1.54, 1.807) is 20.9 Å². The number of nitrogens with one attached hydrogen (secondary N) is 2. The van der Waals surface area contributed by atoms with Crippen LogP contribution in [0.25, 0.3) is 11.1 Å². The highest BCUT2D eigenvalue weighted by Crippen LogP contribution is 2.44. The van der Waals surface area contributed by atoms with E-state index in [9.17, 15) is 19.5 Å². The zero-order chi connectivity index (χ0) is 25.2. The number of hydrogen-bond acceptors (Lipinski definition) is 5. The standard InChI is InChI=1S/C26H28N4O5/c1-26(2,13-12-22(31)28-23-20(24(32)33)14-27-30(23)3)29-25(34)35-15-21-18-10-6-4-8-16(18)17-9-5-7-11-19(17)21/h4-11,14,21H,12-13,15H2,1-3H3,(H,28,31)(H,29,34)(H,32,33). The molecule has 0 saturated carbocycles. The summed E-state index contributed by atoms with van der Waals surface area (Å²) in [5.74, 6) is -1.47. The number of aromatic carboxylic acids is 1. The number of anilines is 1. The Labute approximate surface area is 203 Å². The summed E-state index contributed by atoms with van der Waals surface area (Å²) in [7, 11) is 1.55. The zero-order valence-electron chi connectivity index (χ0n) is 19.9. The average Bonchev–Trinajstić information content (AvgIpc) is 3.34. The molecule has 3 N–H and O–H groups in total. The first-order valence-electron chi connectivity index (χ1n) is 11.3. The van der Waals surface area contributed by atoms with Crippen molar-refractivity contribution in [1.82, 2.24) is 15.1 Å². The lowest BCUT2D eigenvalue weighted by Gasteiger charge is -2.26. The number of amides is 2. The Balaban J connectivity index is 1.31. The van der Waals surface area contributed by atoms with Gasteiger partial charge in [0.05, 0.1) is 6.20 Å². The van der Waals surface area contributed by atoms with E-state index in [0.29, 0.717) is 6.42 Å². The molecule has 0 spiro atoms. The van der Waals surface area contributed by atoms with E-state index >= 15 is 0 Å². The first kappa shape index (κ1) is 24.0. The number of rotatable bonds is 8. The van der Waals surface area contributed by atoms with Gasteiger partial charge in [-0.1, -0.05) is 48.5 Å². The second kappa shape index (κ2) is 9.61. The Bertz CT molecular complexity index is 1230. The maximum atomic E-state index is 12.6. The topological polar surface area (TPSA) is 123 Å². The van der Waals surface area contributed by atoms with Crippen LogP contribution in [-0.2, 0) is 16.6 Å². The second-order valence-corrected chi connectivity index (χ2v) is 9.22. The Morgan fingerprint density at radius 1 is 1.06 bits per heavy atom. The Hall–Kier alpha value is -4.14. The van der Waals surface area contributed by atoms with Gasteiger partial charge in [0, 0.05) is 24.9 Å². The highest BCUT2D eigenvalue weighted by Gasteiger charge is 2.30. The summed E-state index contributed by atoms with van der Waals surface area (Å²) in [6.45, 7) is 3.80. The number of fused-ring (bicyclic) bond motifs is 3. The fraction of sp³-hybridized carbons (Fsp3) is 0.308. The van der Waals surface area contributed by atoms with Gasteiger partial charge in [-0.3, -0.25) is 9.48 Å². The van der Waals surface area contributed by atoms with E-state index in [1.165, 1.54) is 10.9 Å². The molecule has 4 rings (SSSR count). The minimum absolute atomic E-state index is 0.0376. The molecule has 2 aromatic carbocycles. The SMILES string of the molecule is Cn1ncc(C(=O)O)c1NC(=O)CCC(C)(C)NC(=O)OCC1c2ccccc2-c2ccccc21. The maximum Gasteiger partial charge on any atom is 0.407 e. The highest BCUT2D eigenvalue weighted by molar-refractivity contribution is 5.99. The van der Waals surface area contributed by atoms with Crippen LogP contribution >= 0.6 is 0 Å². The number of aryl methyl sites for hydroxylation is 1. The van der Waals surface area contributed by atoms with Gasteiger partial charge in [-0.05, 0) is 42.5 Å². The summed E-state index contributed by atoms with van der Waals surface area (Å²) < 4.78 is 6.89. The van der Waals surface area contributed by atoms with Crippen molar-refractivity contribution in [3.63, 3.8) is 0 Å². The molecule has 9 heteroatoms. The summed E-state index contributed by atoms with van der Waals surface area (Å²) in [5.41, 5.74) is 3.77. The Morgan fingerprint density at radius 3 is 2.26 bits per heavy atom. The van der Waals surface area contributed by atoms with Crippen LogP contribution in [0, 0.1) is 0 Å². The van der Waals surface area contributed by atoms with Crippen LogP contribution in [0.4, 0.5) is 10.6 Å². The third kappa shape index (κ3) is 5.18. The van der Waals surface area contributed by atoms with Gasteiger partial charge in [0.1, 0.15) is 18.0 Å². The van der Waals surface area contributed by atoms with Gasteiger partial charge in [0.2, 0.25) is 5.91 Å². The Morgan fingerprint density at radius 2 is 1.66 bits per heavy atom. The molecule has 1 aliphatic carbocycles. The van der Waals surface area contributed by atoms with Crippen molar-refractivity contribution < 1.29 is 24.2 Å². The number of ether oxygens (including phenoxy) is 1. The van der Waals surface area contributed by atoms with Crippen molar-refractivity contribution in [1.29, 1.82) is 0 Å². The molecule has 35 heavy (non-hydrogen) atoms. The van der Waals surface area contributed by atoms with Gasteiger partial charge < -0.3 is 20.5 Å². The summed E-state index contributed by atoms with van der Waals surface area (Å²) >= 11 is 0. The van der Waals surface area contributed by atoms with Crippen LogP contribution in [0.2, 0.25) is 0 Å². The fourth-order valence-electron chi connectivity index (χ4n) is 4.34. The Kier molecular flexibility index (Phi) is 6.59. The normalized spacial score (nSPS) is 12.5.